The van der Waals surface area contributed by atoms with Gasteiger partial charge < -0.3 is 16.8 Å². The smallest absolute Gasteiger partial charge is 0.251 e. The number of nitrogen functional groups attached to an aromatic ring is 2. The van der Waals surface area contributed by atoms with E-state index in [1.54, 1.807) is 0 Å². The third kappa shape index (κ3) is 3.23. The Bertz CT molecular complexity index is 639. The molecule has 0 aliphatic heterocycles. The van der Waals surface area contributed by atoms with E-state index in [1.807, 2.05) is 0 Å². The Kier molecular flexibility index (Phi) is 3.84. The monoisotopic (exact) mass is 277 g/mol. The molecule has 0 aliphatic carbocycles. The maximum atomic E-state index is 13.4. The lowest BCUT2D eigenvalue weighted by atomic mass is 10.1. The van der Waals surface area contributed by atoms with Crippen LogP contribution in [0.3, 0.4) is 0 Å². The van der Waals surface area contributed by atoms with Crippen molar-refractivity contribution in [3.8, 4) is 0 Å². The zero-order valence-electron chi connectivity index (χ0n) is 10.5. The van der Waals surface area contributed by atoms with Crippen LogP contribution in [0.5, 0.6) is 0 Å². The molecule has 4 nitrogen and oxygen atoms in total. The summed E-state index contributed by atoms with van der Waals surface area (Å²) >= 11 is 0. The van der Waals surface area contributed by atoms with Crippen LogP contribution in [0.4, 0.5) is 20.2 Å². The van der Waals surface area contributed by atoms with Crippen molar-refractivity contribution in [1.82, 2.24) is 5.32 Å². The molecule has 2 aromatic rings. The Morgan fingerprint density at radius 2 is 1.70 bits per heavy atom. The molecule has 0 fully saturated rings. The van der Waals surface area contributed by atoms with E-state index in [9.17, 15) is 13.6 Å². The second-order valence-corrected chi connectivity index (χ2v) is 4.31. The summed E-state index contributed by atoms with van der Waals surface area (Å²) in [5.41, 5.74) is 12.4. The highest BCUT2D eigenvalue weighted by Gasteiger charge is 2.09. The third-order valence-electron chi connectivity index (χ3n) is 2.69. The van der Waals surface area contributed by atoms with Gasteiger partial charge in [0, 0.05) is 35.1 Å². The predicted molar refractivity (Wildman–Crippen MR) is 72.8 cm³/mol. The lowest BCUT2D eigenvalue weighted by molar-refractivity contribution is 0.0950. The van der Waals surface area contributed by atoms with Crippen molar-refractivity contribution in [3.05, 3.63) is 59.2 Å². The summed E-state index contributed by atoms with van der Waals surface area (Å²) in [5.74, 6) is -1.81. The van der Waals surface area contributed by atoms with E-state index >= 15 is 0 Å². The summed E-state index contributed by atoms with van der Waals surface area (Å²) < 4.78 is 26.1. The van der Waals surface area contributed by atoms with Crippen molar-refractivity contribution < 1.29 is 13.6 Å². The number of hydrogen-bond donors (Lipinski definition) is 3. The molecule has 0 radical (unpaired) electrons. The largest absolute Gasteiger partial charge is 0.399 e. The normalized spacial score (nSPS) is 10.3. The second kappa shape index (κ2) is 5.56. The Balaban J connectivity index is 2.08. The Morgan fingerprint density at radius 3 is 2.30 bits per heavy atom. The van der Waals surface area contributed by atoms with E-state index in [4.69, 9.17) is 11.5 Å². The van der Waals surface area contributed by atoms with Gasteiger partial charge in [0.25, 0.3) is 5.91 Å². The van der Waals surface area contributed by atoms with E-state index in [1.165, 1.54) is 24.3 Å². The van der Waals surface area contributed by atoms with Crippen LogP contribution in [0.15, 0.2) is 36.4 Å². The number of carbonyl (C=O) groups excluding carboxylic acids is 1. The van der Waals surface area contributed by atoms with Crippen LogP contribution >= 0.6 is 0 Å². The molecular weight excluding hydrogens is 264 g/mol. The van der Waals surface area contributed by atoms with Crippen molar-refractivity contribution in [2.45, 2.75) is 6.54 Å². The van der Waals surface area contributed by atoms with Crippen molar-refractivity contribution in [2.24, 2.45) is 0 Å². The van der Waals surface area contributed by atoms with Crippen LogP contribution < -0.4 is 16.8 Å². The van der Waals surface area contributed by atoms with Crippen LogP contribution in [-0.4, -0.2) is 5.91 Å². The van der Waals surface area contributed by atoms with Crippen LogP contribution in [0.25, 0.3) is 0 Å². The first-order valence-electron chi connectivity index (χ1n) is 5.84. The van der Waals surface area contributed by atoms with Gasteiger partial charge in [-0.25, -0.2) is 8.78 Å². The zero-order chi connectivity index (χ0) is 14.7. The van der Waals surface area contributed by atoms with Gasteiger partial charge in [0.1, 0.15) is 11.6 Å². The van der Waals surface area contributed by atoms with Gasteiger partial charge >= 0.3 is 0 Å². The summed E-state index contributed by atoms with van der Waals surface area (Å²) in [5, 5.41) is 2.52. The molecule has 20 heavy (non-hydrogen) atoms. The van der Waals surface area contributed by atoms with Gasteiger partial charge in [-0.15, -0.1) is 0 Å². The molecule has 104 valence electrons. The van der Waals surface area contributed by atoms with E-state index in [2.05, 4.69) is 5.32 Å². The van der Waals surface area contributed by atoms with Gasteiger partial charge in [0.05, 0.1) is 0 Å². The summed E-state index contributed by atoms with van der Waals surface area (Å²) in [7, 11) is 0. The molecule has 0 aromatic heterocycles. The quantitative estimate of drug-likeness (QED) is 0.751. The number of amides is 1. The fourth-order valence-electron chi connectivity index (χ4n) is 1.75. The van der Waals surface area contributed by atoms with Crippen molar-refractivity contribution in [1.29, 1.82) is 0 Å². The maximum absolute atomic E-state index is 13.4. The van der Waals surface area contributed by atoms with Gasteiger partial charge in [0.15, 0.2) is 0 Å². The number of nitrogens with one attached hydrogen (secondary N) is 1. The van der Waals surface area contributed by atoms with Crippen LogP contribution in [0.1, 0.15) is 15.9 Å². The van der Waals surface area contributed by atoms with Gasteiger partial charge in [-0.3, -0.25) is 4.79 Å². The molecular formula is C14H13F2N3O. The molecule has 2 rings (SSSR count). The van der Waals surface area contributed by atoms with Crippen LogP contribution in [-0.2, 0) is 6.54 Å². The lowest BCUT2D eigenvalue weighted by Crippen LogP contribution is -2.23. The van der Waals surface area contributed by atoms with Crippen LogP contribution in [0.2, 0.25) is 0 Å². The number of nitrogens with two attached hydrogens (primary N) is 2. The summed E-state index contributed by atoms with van der Waals surface area (Å²) in [6, 6.07) is 7.62. The minimum Gasteiger partial charge on any atom is -0.399 e. The first-order chi connectivity index (χ1) is 9.45. The van der Waals surface area contributed by atoms with Gasteiger partial charge in [-0.05, 0) is 24.3 Å². The standard InChI is InChI=1S/C14H13F2N3O/c15-10-2-1-8(13(16)5-10)7-19-14(20)9-3-11(17)6-12(18)4-9/h1-6H,7,17-18H2,(H,19,20). The molecule has 0 atom stereocenters. The van der Waals surface area contributed by atoms with E-state index in [0.717, 1.165) is 12.1 Å². The minimum atomic E-state index is -0.711. The number of benzene rings is 2. The predicted octanol–water partition coefficient (Wildman–Crippen LogP) is 2.06. The highest BCUT2D eigenvalue weighted by atomic mass is 19.1. The fourth-order valence-corrected chi connectivity index (χ4v) is 1.75. The van der Waals surface area contributed by atoms with Gasteiger partial charge in [-0.1, -0.05) is 6.07 Å². The maximum Gasteiger partial charge on any atom is 0.251 e. The Labute approximate surface area is 114 Å². The van der Waals surface area contributed by atoms with E-state index in [0.29, 0.717) is 11.4 Å². The molecule has 0 saturated heterocycles. The summed E-state index contributed by atoms with van der Waals surface area (Å²) in [6.07, 6.45) is 0. The summed E-state index contributed by atoms with van der Waals surface area (Å²) in [4.78, 5) is 11.9. The molecule has 0 bridgehead atoms. The van der Waals surface area contributed by atoms with Crippen molar-refractivity contribution in [2.75, 3.05) is 11.5 Å². The van der Waals surface area contributed by atoms with Gasteiger partial charge in [-0.2, -0.15) is 0 Å². The first-order valence-corrected chi connectivity index (χ1v) is 5.84. The third-order valence-corrected chi connectivity index (χ3v) is 2.69. The van der Waals surface area contributed by atoms with Crippen molar-refractivity contribution in [3.63, 3.8) is 0 Å². The van der Waals surface area contributed by atoms with Gasteiger partial charge in [0.2, 0.25) is 0 Å². The Morgan fingerprint density at radius 1 is 1.05 bits per heavy atom. The van der Waals surface area contributed by atoms with E-state index < -0.39 is 17.5 Å². The number of halogens is 2. The average molecular weight is 277 g/mol. The minimum absolute atomic E-state index is 0.0559. The fraction of sp³-hybridized carbons (Fsp3) is 0.0714. The molecule has 0 heterocycles. The Hall–Kier alpha value is -2.63. The average Bonchev–Trinajstić information content (AvgIpc) is 2.36. The molecule has 0 spiro atoms. The molecule has 0 saturated carbocycles. The topological polar surface area (TPSA) is 81.1 Å². The van der Waals surface area contributed by atoms with Crippen LogP contribution in [0, 0.1) is 11.6 Å². The molecule has 0 aliphatic rings. The van der Waals surface area contributed by atoms with Crippen molar-refractivity contribution >= 4 is 17.3 Å². The highest BCUT2D eigenvalue weighted by Crippen LogP contribution is 2.14. The number of rotatable bonds is 3. The number of hydrogen-bond acceptors (Lipinski definition) is 3. The molecule has 5 N–H and O–H groups in total. The zero-order valence-corrected chi connectivity index (χ0v) is 10.5. The number of anilines is 2. The number of carbonyl (C=O) groups is 1. The molecule has 6 heteroatoms. The first kappa shape index (κ1) is 13.8. The molecule has 2 aromatic carbocycles. The lowest BCUT2D eigenvalue weighted by Gasteiger charge is -2.08. The highest BCUT2D eigenvalue weighted by molar-refractivity contribution is 5.96. The summed E-state index contributed by atoms with van der Waals surface area (Å²) in [6.45, 7) is -0.0559. The second-order valence-electron chi connectivity index (χ2n) is 4.31. The SMILES string of the molecule is Nc1cc(N)cc(C(=O)NCc2ccc(F)cc2F)c1. The molecule has 0 unspecified atom stereocenters. The van der Waals surface area contributed by atoms with E-state index in [-0.39, 0.29) is 17.7 Å². The molecule has 1 amide bonds.